The molecule has 0 fully saturated rings. The van der Waals surface area contributed by atoms with E-state index in [0.717, 1.165) is 13.2 Å². The molecule has 0 aromatic rings. The van der Waals surface area contributed by atoms with Gasteiger partial charge in [0, 0.05) is 19.3 Å². The molecule has 0 aliphatic carbocycles. The first-order chi connectivity index (χ1) is 16.1. The zero-order valence-corrected chi connectivity index (χ0v) is 26.0. The Morgan fingerprint density at radius 3 is 0.865 bits per heavy atom. The molecule has 0 saturated carbocycles. The van der Waals surface area contributed by atoms with Gasteiger partial charge < -0.3 is 28.3 Å². The van der Waals surface area contributed by atoms with Gasteiger partial charge in [0.25, 0.3) is 0 Å². The van der Waals surface area contributed by atoms with Gasteiger partial charge in [0.15, 0.2) is 0 Å². The van der Waals surface area contributed by atoms with Gasteiger partial charge >= 0.3 is 10.4 Å². The van der Waals surface area contributed by atoms with Crippen LogP contribution in [0.15, 0.2) is 0 Å². The molecule has 0 spiro atoms. The average Bonchev–Trinajstić information content (AvgIpc) is 2.73. The quantitative estimate of drug-likeness (QED) is 0.0546. The zero-order valence-electron chi connectivity index (χ0n) is 25.2. The summed E-state index contributed by atoms with van der Waals surface area (Å²) in [6, 6.07) is 0. The first-order valence-electron chi connectivity index (χ1n) is 14.1. The highest BCUT2D eigenvalue weighted by Gasteiger charge is 1.95. The number of hydrogen-bond acceptors (Lipinski definition) is 7. The van der Waals surface area contributed by atoms with Crippen molar-refractivity contribution < 1.29 is 27.4 Å². The Balaban J connectivity index is -0.000000172. The molecular formula is C27H69N3O6S. The maximum Gasteiger partial charge on any atom is 0.394 e. The predicted molar refractivity (Wildman–Crippen MR) is 161 cm³/mol. The van der Waals surface area contributed by atoms with E-state index in [0.29, 0.717) is 0 Å². The second kappa shape index (κ2) is 42.7. The van der Waals surface area contributed by atoms with Gasteiger partial charge in [-0.1, -0.05) is 129 Å². The van der Waals surface area contributed by atoms with Crippen LogP contribution in [0.4, 0.5) is 0 Å². The van der Waals surface area contributed by atoms with Gasteiger partial charge in [-0.3, -0.25) is 9.11 Å². The fraction of sp³-hybridized carbons (Fsp3) is 1.00. The molecule has 10 heteroatoms. The molecule has 234 valence electrons. The number of unbranched alkanes of at least 4 members (excludes halogenated alkanes) is 18. The van der Waals surface area contributed by atoms with Crippen molar-refractivity contribution >= 4 is 10.4 Å². The molecule has 0 bridgehead atoms. The van der Waals surface area contributed by atoms with Crippen LogP contribution in [0.25, 0.3) is 0 Å². The van der Waals surface area contributed by atoms with Gasteiger partial charge in [-0.05, 0) is 26.7 Å². The van der Waals surface area contributed by atoms with Crippen LogP contribution in [0, 0.1) is 0 Å². The Kier molecular flexibility index (Phi) is 57.3. The van der Waals surface area contributed by atoms with Crippen molar-refractivity contribution in [2.45, 2.75) is 162 Å². The number of aliphatic hydroxyl groups excluding tert-OH is 1. The van der Waals surface area contributed by atoms with Gasteiger partial charge in [-0.2, -0.15) is 8.42 Å². The molecule has 0 aliphatic heterocycles. The Labute approximate surface area is 231 Å². The summed E-state index contributed by atoms with van der Waals surface area (Å²) >= 11 is 0. The largest absolute Gasteiger partial charge is 0.394 e. The van der Waals surface area contributed by atoms with E-state index in [1.54, 1.807) is 13.8 Å². The minimum absolute atomic E-state index is 0. The lowest BCUT2D eigenvalue weighted by atomic mass is 10.1. The summed E-state index contributed by atoms with van der Waals surface area (Å²) in [5.74, 6) is 0. The van der Waals surface area contributed by atoms with E-state index in [2.05, 4.69) is 13.8 Å². The lowest BCUT2D eigenvalue weighted by Gasteiger charge is -2.05. The highest BCUT2D eigenvalue weighted by atomic mass is 32.3. The summed E-state index contributed by atoms with van der Waals surface area (Å²) in [5.41, 5.74) is 0. The lowest BCUT2D eigenvalue weighted by molar-refractivity contribution is 0.125. The van der Waals surface area contributed by atoms with E-state index < -0.39 is 10.4 Å². The van der Waals surface area contributed by atoms with Crippen LogP contribution in [0.2, 0.25) is 0 Å². The predicted octanol–water partition coefficient (Wildman–Crippen LogP) is 9.07. The highest BCUT2D eigenvalue weighted by molar-refractivity contribution is 7.79. The summed E-state index contributed by atoms with van der Waals surface area (Å²) in [6.45, 7) is 10.0. The molecule has 0 heterocycles. The molecule has 0 unspecified atom stereocenters. The third kappa shape index (κ3) is 86.1. The number of hydrogen-bond donors (Lipinski definition) is 6. The van der Waals surface area contributed by atoms with E-state index >= 15 is 0 Å². The van der Waals surface area contributed by atoms with Gasteiger partial charge in [0.2, 0.25) is 0 Å². The van der Waals surface area contributed by atoms with Crippen molar-refractivity contribution in [3.8, 4) is 0 Å². The van der Waals surface area contributed by atoms with E-state index in [-0.39, 0.29) is 24.6 Å². The fourth-order valence-corrected chi connectivity index (χ4v) is 3.49. The van der Waals surface area contributed by atoms with Crippen LogP contribution >= 0.6 is 0 Å². The molecule has 0 aromatic carbocycles. The summed E-state index contributed by atoms with van der Waals surface area (Å²) in [4.78, 5) is 0. The molecule has 37 heavy (non-hydrogen) atoms. The van der Waals surface area contributed by atoms with E-state index in [1.807, 2.05) is 0 Å². The SMILES string of the molecule is CC(C)O.CCCCCCCCCCCCOCCCCCCCCCCCC.N.N.N.O=S(=O)(O)O. The van der Waals surface area contributed by atoms with Crippen LogP contribution in [-0.4, -0.2) is 41.9 Å². The van der Waals surface area contributed by atoms with Crippen LogP contribution in [0.5, 0.6) is 0 Å². The van der Waals surface area contributed by atoms with Crippen molar-refractivity contribution in [1.29, 1.82) is 0 Å². The molecule has 12 N–H and O–H groups in total. The molecule has 0 aromatic heterocycles. The summed E-state index contributed by atoms with van der Waals surface area (Å²) in [6.07, 6.45) is 28.0. The lowest BCUT2D eigenvalue weighted by Crippen LogP contribution is -1.97. The molecule has 0 rings (SSSR count). The van der Waals surface area contributed by atoms with Crippen LogP contribution < -0.4 is 18.5 Å². The molecule has 0 atom stereocenters. The second-order valence-corrected chi connectivity index (χ2v) is 10.4. The van der Waals surface area contributed by atoms with E-state index in [9.17, 15) is 0 Å². The van der Waals surface area contributed by atoms with Gasteiger partial charge in [0.1, 0.15) is 0 Å². The molecule has 0 radical (unpaired) electrons. The minimum atomic E-state index is -4.67. The van der Waals surface area contributed by atoms with Crippen LogP contribution in [-0.2, 0) is 15.1 Å². The maximum atomic E-state index is 8.74. The molecule has 0 amide bonds. The van der Waals surface area contributed by atoms with Crippen molar-refractivity contribution in [3.63, 3.8) is 0 Å². The average molecular weight is 564 g/mol. The number of aliphatic hydroxyl groups is 1. The Bertz CT molecular complexity index is 423. The Morgan fingerprint density at radius 1 is 0.514 bits per heavy atom. The topological polar surface area (TPSA) is 209 Å². The first-order valence-corrected chi connectivity index (χ1v) is 15.5. The van der Waals surface area contributed by atoms with Crippen molar-refractivity contribution in [1.82, 2.24) is 18.5 Å². The number of rotatable bonds is 22. The monoisotopic (exact) mass is 563 g/mol. The van der Waals surface area contributed by atoms with Gasteiger partial charge in [-0.15, -0.1) is 0 Å². The molecule has 0 saturated heterocycles. The molecule has 0 aliphatic rings. The van der Waals surface area contributed by atoms with E-state index in [1.165, 1.54) is 128 Å². The summed E-state index contributed by atoms with van der Waals surface area (Å²) in [7, 11) is -4.67. The third-order valence-electron chi connectivity index (χ3n) is 5.28. The van der Waals surface area contributed by atoms with Gasteiger partial charge in [-0.25, -0.2) is 0 Å². The van der Waals surface area contributed by atoms with Crippen molar-refractivity contribution in [2.75, 3.05) is 13.2 Å². The highest BCUT2D eigenvalue weighted by Crippen LogP contribution is 2.12. The second-order valence-electron chi connectivity index (χ2n) is 9.52. The molecule has 9 nitrogen and oxygen atoms in total. The minimum Gasteiger partial charge on any atom is -0.394 e. The van der Waals surface area contributed by atoms with Crippen LogP contribution in [0.3, 0.4) is 0 Å². The Morgan fingerprint density at radius 2 is 0.676 bits per heavy atom. The number of ether oxygens (including phenoxy) is 1. The third-order valence-corrected chi connectivity index (χ3v) is 5.28. The maximum absolute atomic E-state index is 8.74. The van der Waals surface area contributed by atoms with E-state index in [4.69, 9.17) is 27.4 Å². The summed E-state index contributed by atoms with van der Waals surface area (Å²) in [5, 5.41) is 8.06. The standard InChI is InChI=1S/C24H50O.C3H8O.3H3N.H2O4S/c1-3-5-7-9-11-13-15-17-19-21-23-25-24-22-20-18-16-14-12-10-8-6-4-2;1-3(2)4;;;;1-5(2,3)4/h3-24H2,1-2H3;3-4H,1-2H3;3*1H3;(H2,1,2,3,4). The Hall–Kier alpha value is -0.330. The normalized spacial score (nSPS) is 10.2. The molecular weight excluding hydrogens is 494 g/mol. The van der Waals surface area contributed by atoms with Crippen LogP contribution in [0.1, 0.15) is 156 Å². The smallest absolute Gasteiger partial charge is 0.394 e. The van der Waals surface area contributed by atoms with Gasteiger partial charge in [0.05, 0.1) is 0 Å². The summed E-state index contributed by atoms with van der Waals surface area (Å²) < 4.78 is 37.4. The van der Waals surface area contributed by atoms with Crippen molar-refractivity contribution in [2.24, 2.45) is 0 Å². The fourth-order valence-electron chi connectivity index (χ4n) is 3.49. The van der Waals surface area contributed by atoms with Crippen molar-refractivity contribution in [3.05, 3.63) is 0 Å². The zero-order chi connectivity index (χ0) is 26.3. The first kappa shape index (κ1) is 49.6.